The molecule has 0 unspecified atom stereocenters. The van der Waals surface area contributed by atoms with Gasteiger partial charge in [-0.2, -0.15) is 0 Å². The number of hydrazine groups is 1. The van der Waals surface area contributed by atoms with E-state index in [-0.39, 0.29) is 17.5 Å². The van der Waals surface area contributed by atoms with Crippen molar-refractivity contribution in [3.8, 4) is 0 Å². The summed E-state index contributed by atoms with van der Waals surface area (Å²) >= 11 is 0. The van der Waals surface area contributed by atoms with Crippen molar-refractivity contribution in [3.05, 3.63) is 57.5 Å². The van der Waals surface area contributed by atoms with Gasteiger partial charge in [0, 0.05) is 31.1 Å². The lowest BCUT2D eigenvalue weighted by Crippen LogP contribution is -2.32. The maximum absolute atomic E-state index is 13.8. The molecule has 1 aromatic carbocycles. The summed E-state index contributed by atoms with van der Waals surface area (Å²) in [5, 5.41) is 2.01. The van der Waals surface area contributed by atoms with Crippen molar-refractivity contribution in [2.75, 3.05) is 18.5 Å². The molecule has 1 saturated heterocycles. The van der Waals surface area contributed by atoms with Crippen LogP contribution in [0, 0.1) is 11.6 Å². The third-order valence-corrected chi connectivity index (χ3v) is 4.08. The van der Waals surface area contributed by atoms with Gasteiger partial charge in [0.1, 0.15) is 11.6 Å². The lowest BCUT2D eigenvalue weighted by atomic mass is 10.1. The van der Waals surface area contributed by atoms with E-state index in [1.165, 1.54) is 37.1 Å². The van der Waals surface area contributed by atoms with Crippen LogP contribution in [0.3, 0.4) is 0 Å². The van der Waals surface area contributed by atoms with Gasteiger partial charge in [-0.1, -0.05) is 18.9 Å². The Morgan fingerprint density at radius 1 is 1.12 bits per heavy atom. The van der Waals surface area contributed by atoms with E-state index in [1.807, 2.05) is 5.01 Å². The van der Waals surface area contributed by atoms with Crippen LogP contribution in [-0.4, -0.2) is 28.1 Å². The monoisotopic (exact) mass is 334 g/mol. The second-order valence-electron chi connectivity index (χ2n) is 5.98. The van der Waals surface area contributed by atoms with E-state index in [9.17, 15) is 13.6 Å². The molecule has 1 aliphatic rings. The normalized spacial score (nSPS) is 15.9. The average molecular weight is 334 g/mol. The van der Waals surface area contributed by atoms with Gasteiger partial charge in [0.15, 0.2) is 0 Å². The number of benzene rings is 1. The number of nitrogens with one attached hydrogen (secondary N) is 2. The lowest BCUT2D eigenvalue weighted by Gasteiger charge is -2.21. The molecular weight excluding hydrogens is 314 g/mol. The molecule has 1 aliphatic heterocycles. The van der Waals surface area contributed by atoms with Crippen molar-refractivity contribution in [2.45, 2.75) is 32.1 Å². The van der Waals surface area contributed by atoms with Gasteiger partial charge in [-0.15, -0.1) is 0 Å². The molecule has 128 valence electrons. The fraction of sp³-hybridized carbons (Fsp3) is 0.412. The molecule has 24 heavy (non-hydrogen) atoms. The minimum atomic E-state index is -0.640. The Hall–Kier alpha value is -2.28. The highest BCUT2D eigenvalue weighted by Gasteiger charge is 2.13. The molecule has 2 N–H and O–H groups in total. The minimum Gasteiger partial charge on any atom is -0.292 e. The van der Waals surface area contributed by atoms with Crippen molar-refractivity contribution in [1.82, 2.24) is 15.0 Å². The summed E-state index contributed by atoms with van der Waals surface area (Å²) in [4.78, 5) is 18.8. The molecule has 3 rings (SSSR count). The molecule has 0 atom stereocenters. The zero-order valence-corrected chi connectivity index (χ0v) is 13.3. The Morgan fingerprint density at radius 2 is 1.79 bits per heavy atom. The Bertz CT molecular complexity index is 734. The summed E-state index contributed by atoms with van der Waals surface area (Å²) < 4.78 is 27.6. The van der Waals surface area contributed by atoms with Gasteiger partial charge >= 0.3 is 0 Å². The largest absolute Gasteiger partial charge is 0.292 e. The summed E-state index contributed by atoms with van der Waals surface area (Å²) in [5.41, 5.74) is 2.98. The summed E-state index contributed by atoms with van der Waals surface area (Å²) in [6.45, 7) is 1.74. The molecular formula is C17H20F2N4O. The summed E-state index contributed by atoms with van der Waals surface area (Å²) in [5.74, 6) is -0.977. The van der Waals surface area contributed by atoms with Gasteiger partial charge < -0.3 is 0 Å². The first-order valence-electron chi connectivity index (χ1n) is 8.16. The van der Waals surface area contributed by atoms with E-state index in [4.69, 9.17) is 0 Å². The van der Waals surface area contributed by atoms with Crippen LogP contribution in [0.1, 0.15) is 36.9 Å². The van der Waals surface area contributed by atoms with Crippen molar-refractivity contribution in [1.29, 1.82) is 0 Å². The maximum atomic E-state index is 13.8. The number of aromatic amines is 1. The van der Waals surface area contributed by atoms with Gasteiger partial charge in [0.25, 0.3) is 5.56 Å². The van der Waals surface area contributed by atoms with E-state index in [2.05, 4.69) is 15.4 Å². The van der Waals surface area contributed by atoms with Crippen LogP contribution in [0.2, 0.25) is 0 Å². The van der Waals surface area contributed by atoms with Crippen LogP contribution in [-0.2, 0) is 6.42 Å². The molecule has 7 heteroatoms. The lowest BCUT2D eigenvalue weighted by molar-refractivity contribution is 0.340. The van der Waals surface area contributed by atoms with Crippen LogP contribution in [0.15, 0.2) is 29.1 Å². The quantitative estimate of drug-likeness (QED) is 0.903. The first-order chi connectivity index (χ1) is 11.6. The number of rotatable bonds is 4. The summed E-state index contributed by atoms with van der Waals surface area (Å²) in [6, 6.07) is 4.97. The van der Waals surface area contributed by atoms with Gasteiger partial charge in [-0.25, -0.2) is 18.8 Å². The first-order valence-corrected chi connectivity index (χ1v) is 8.16. The molecule has 1 aromatic heterocycles. The van der Waals surface area contributed by atoms with Gasteiger partial charge in [-0.05, 0) is 25.0 Å². The number of H-pyrrole nitrogens is 1. The third kappa shape index (κ3) is 4.17. The van der Waals surface area contributed by atoms with E-state index >= 15 is 0 Å². The number of anilines is 1. The first kappa shape index (κ1) is 16.6. The molecule has 5 nitrogen and oxygen atoms in total. The van der Waals surface area contributed by atoms with Crippen LogP contribution in [0.5, 0.6) is 0 Å². The van der Waals surface area contributed by atoms with Crippen LogP contribution in [0.25, 0.3) is 0 Å². The predicted octanol–water partition coefficient (Wildman–Crippen LogP) is 2.84. The van der Waals surface area contributed by atoms with Gasteiger partial charge in [0.2, 0.25) is 5.95 Å². The average Bonchev–Trinajstić information content (AvgIpc) is 2.79. The Morgan fingerprint density at radius 3 is 2.46 bits per heavy atom. The molecule has 2 aromatic rings. The zero-order chi connectivity index (χ0) is 16.9. The molecule has 0 saturated carbocycles. The SMILES string of the molecule is O=c1cc(Cc2c(F)cccc2F)nc(NN2CCCCCC2)[nH]1. The number of hydrogen-bond acceptors (Lipinski definition) is 4. The highest BCUT2D eigenvalue weighted by Crippen LogP contribution is 2.16. The third-order valence-electron chi connectivity index (χ3n) is 4.08. The van der Waals surface area contributed by atoms with E-state index in [0.29, 0.717) is 11.6 Å². The maximum Gasteiger partial charge on any atom is 0.252 e. The Labute approximate surface area is 138 Å². The molecule has 2 heterocycles. The second kappa shape index (κ2) is 7.53. The highest BCUT2D eigenvalue weighted by molar-refractivity contribution is 5.29. The van der Waals surface area contributed by atoms with Crippen molar-refractivity contribution < 1.29 is 8.78 Å². The van der Waals surface area contributed by atoms with E-state index in [1.54, 1.807) is 0 Å². The topological polar surface area (TPSA) is 61.0 Å². The predicted molar refractivity (Wildman–Crippen MR) is 87.7 cm³/mol. The fourth-order valence-corrected chi connectivity index (χ4v) is 2.87. The minimum absolute atomic E-state index is 0.0723. The molecule has 0 amide bonds. The van der Waals surface area contributed by atoms with Crippen molar-refractivity contribution >= 4 is 5.95 Å². The van der Waals surface area contributed by atoms with Crippen LogP contribution >= 0.6 is 0 Å². The molecule has 0 radical (unpaired) electrons. The van der Waals surface area contributed by atoms with Crippen molar-refractivity contribution in [3.63, 3.8) is 0 Å². The second-order valence-corrected chi connectivity index (χ2v) is 5.98. The molecule has 0 bridgehead atoms. The van der Waals surface area contributed by atoms with Crippen molar-refractivity contribution in [2.24, 2.45) is 0 Å². The molecule has 0 aliphatic carbocycles. The molecule has 0 spiro atoms. The molecule has 1 fully saturated rings. The fourth-order valence-electron chi connectivity index (χ4n) is 2.87. The van der Waals surface area contributed by atoms with Gasteiger partial charge in [-0.3, -0.25) is 15.2 Å². The summed E-state index contributed by atoms with van der Waals surface area (Å²) in [6.07, 6.45) is 4.47. The zero-order valence-electron chi connectivity index (χ0n) is 13.3. The number of nitrogens with zero attached hydrogens (tertiary/aromatic N) is 2. The van der Waals surface area contributed by atoms with Crippen LogP contribution < -0.4 is 11.0 Å². The number of halogens is 2. The standard InChI is InChI=1S/C17H20F2N4O/c18-14-6-5-7-15(19)13(14)10-12-11-16(24)21-17(20-12)22-23-8-3-1-2-4-9-23/h5-7,11H,1-4,8-10H2,(H2,20,21,22,24). The Balaban J connectivity index is 1.79. The smallest absolute Gasteiger partial charge is 0.252 e. The Kier molecular flexibility index (Phi) is 5.20. The van der Waals surface area contributed by atoms with E-state index in [0.717, 1.165) is 25.9 Å². The van der Waals surface area contributed by atoms with Crippen LogP contribution in [0.4, 0.5) is 14.7 Å². The number of hydrogen-bond donors (Lipinski definition) is 2. The number of aromatic nitrogens is 2. The highest BCUT2D eigenvalue weighted by atomic mass is 19.1. The summed E-state index contributed by atoms with van der Waals surface area (Å²) in [7, 11) is 0. The van der Waals surface area contributed by atoms with E-state index < -0.39 is 11.6 Å². The van der Waals surface area contributed by atoms with Gasteiger partial charge in [0.05, 0.1) is 5.69 Å².